The first-order valence-electron chi connectivity index (χ1n) is 5.63. The molecule has 2 aromatic heterocycles. The highest BCUT2D eigenvalue weighted by atomic mass is 32.1. The second kappa shape index (κ2) is 6.18. The molecule has 2 N–H and O–H groups in total. The molecule has 0 unspecified atom stereocenters. The van der Waals surface area contributed by atoms with Crippen molar-refractivity contribution in [3.63, 3.8) is 0 Å². The summed E-state index contributed by atoms with van der Waals surface area (Å²) in [5, 5.41) is 11.4. The molecule has 5 nitrogen and oxygen atoms in total. The molecule has 0 aliphatic heterocycles. The summed E-state index contributed by atoms with van der Waals surface area (Å²) in [6.07, 6.45) is 3.25. The van der Waals surface area contributed by atoms with E-state index >= 15 is 0 Å². The summed E-state index contributed by atoms with van der Waals surface area (Å²) in [5.74, 6) is 5.22. The molecule has 2 aromatic rings. The number of aryl methyl sites for hydroxylation is 1. The van der Waals surface area contributed by atoms with E-state index in [4.69, 9.17) is 5.11 Å². The average Bonchev–Trinajstić information content (AvgIpc) is 3.02. The third-order valence-electron chi connectivity index (χ3n) is 2.31. The molecule has 0 spiro atoms. The van der Waals surface area contributed by atoms with Gasteiger partial charge in [-0.15, -0.1) is 11.3 Å². The molecule has 0 aliphatic carbocycles. The molecule has 2 rings (SSSR count). The monoisotopic (exact) mass is 275 g/mol. The second-order valence-corrected chi connectivity index (χ2v) is 5.00. The molecule has 0 aliphatic rings. The molecule has 1 amide bonds. The summed E-state index contributed by atoms with van der Waals surface area (Å²) in [4.78, 5) is 17.6. The number of carbonyl (C=O) groups excluding carboxylic acids is 1. The molecule has 0 saturated heterocycles. The number of imidazole rings is 1. The Bertz CT molecular complexity index is 634. The molecule has 2 heterocycles. The van der Waals surface area contributed by atoms with Crippen LogP contribution >= 0.6 is 11.3 Å². The maximum absolute atomic E-state index is 11.8. The minimum absolute atomic E-state index is 0.149. The molecule has 0 fully saturated rings. The van der Waals surface area contributed by atoms with Crippen molar-refractivity contribution in [2.45, 2.75) is 6.54 Å². The predicted octanol–water partition coefficient (Wildman–Crippen LogP) is 0.755. The molecule has 98 valence electrons. The predicted molar refractivity (Wildman–Crippen MR) is 72.7 cm³/mol. The van der Waals surface area contributed by atoms with Crippen LogP contribution in [0, 0.1) is 11.8 Å². The Morgan fingerprint density at radius 2 is 2.42 bits per heavy atom. The number of nitrogens with zero attached hydrogens (tertiary/aromatic N) is 2. The number of amides is 1. The van der Waals surface area contributed by atoms with Crippen LogP contribution in [0.4, 0.5) is 0 Å². The van der Waals surface area contributed by atoms with E-state index in [1.165, 1.54) is 11.3 Å². The van der Waals surface area contributed by atoms with Gasteiger partial charge < -0.3 is 15.0 Å². The van der Waals surface area contributed by atoms with Crippen LogP contribution in [0.25, 0.3) is 0 Å². The van der Waals surface area contributed by atoms with Gasteiger partial charge in [0.05, 0.1) is 17.7 Å². The van der Waals surface area contributed by atoms with Crippen molar-refractivity contribution < 1.29 is 9.90 Å². The lowest BCUT2D eigenvalue weighted by molar-refractivity contribution is 0.0946. The van der Waals surface area contributed by atoms with Crippen LogP contribution in [-0.2, 0) is 13.6 Å². The van der Waals surface area contributed by atoms with E-state index in [1.54, 1.807) is 17.1 Å². The largest absolute Gasteiger partial charge is 0.384 e. The van der Waals surface area contributed by atoms with E-state index in [-0.39, 0.29) is 12.5 Å². The minimum atomic E-state index is -0.197. The fourth-order valence-corrected chi connectivity index (χ4v) is 2.28. The van der Waals surface area contributed by atoms with Gasteiger partial charge in [-0.05, 0) is 12.1 Å². The Kier molecular flexibility index (Phi) is 4.34. The molecule has 19 heavy (non-hydrogen) atoms. The molecule has 0 bridgehead atoms. The Morgan fingerprint density at radius 1 is 1.58 bits per heavy atom. The van der Waals surface area contributed by atoms with E-state index in [0.29, 0.717) is 12.2 Å². The normalized spacial score (nSPS) is 9.79. The number of nitrogens with one attached hydrogen (secondary N) is 1. The molecule has 0 atom stereocenters. The highest BCUT2D eigenvalue weighted by Gasteiger charge is 2.08. The van der Waals surface area contributed by atoms with Crippen LogP contribution < -0.4 is 5.32 Å². The number of hydrogen-bond donors (Lipinski definition) is 2. The number of thiophene rings is 1. The zero-order chi connectivity index (χ0) is 13.7. The van der Waals surface area contributed by atoms with Gasteiger partial charge in [-0.1, -0.05) is 11.8 Å². The Morgan fingerprint density at radius 3 is 3.11 bits per heavy atom. The van der Waals surface area contributed by atoms with Crippen molar-refractivity contribution in [3.05, 3.63) is 40.1 Å². The molecule has 0 aromatic carbocycles. The van der Waals surface area contributed by atoms with Crippen molar-refractivity contribution >= 4 is 17.2 Å². The number of aromatic nitrogens is 2. The number of hydrogen-bond acceptors (Lipinski definition) is 4. The highest BCUT2D eigenvalue weighted by Crippen LogP contribution is 2.15. The van der Waals surface area contributed by atoms with Crippen molar-refractivity contribution in [1.29, 1.82) is 0 Å². The first-order valence-corrected chi connectivity index (χ1v) is 6.45. The third-order valence-corrected chi connectivity index (χ3v) is 3.31. The number of carbonyl (C=O) groups is 1. The lowest BCUT2D eigenvalue weighted by Crippen LogP contribution is -2.22. The quantitative estimate of drug-likeness (QED) is 0.813. The average molecular weight is 275 g/mol. The molecule has 0 saturated carbocycles. The molecular weight excluding hydrogens is 262 g/mol. The Balaban J connectivity index is 1.92. The van der Waals surface area contributed by atoms with Gasteiger partial charge >= 0.3 is 0 Å². The van der Waals surface area contributed by atoms with Crippen molar-refractivity contribution in [3.8, 4) is 11.8 Å². The second-order valence-electron chi connectivity index (χ2n) is 3.83. The van der Waals surface area contributed by atoms with Gasteiger partial charge in [-0.2, -0.15) is 0 Å². The van der Waals surface area contributed by atoms with Crippen LogP contribution in [0.1, 0.15) is 20.2 Å². The summed E-state index contributed by atoms with van der Waals surface area (Å²) in [5.41, 5.74) is 0.402. The van der Waals surface area contributed by atoms with Crippen molar-refractivity contribution in [1.82, 2.24) is 14.9 Å². The zero-order valence-corrected chi connectivity index (χ0v) is 11.2. The van der Waals surface area contributed by atoms with Gasteiger partial charge in [0, 0.05) is 18.1 Å². The van der Waals surface area contributed by atoms with E-state index in [2.05, 4.69) is 22.1 Å². The molecular formula is C13H13N3O2S. The van der Waals surface area contributed by atoms with E-state index < -0.39 is 0 Å². The smallest absolute Gasteiger partial charge is 0.271 e. The van der Waals surface area contributed by atoms with Crippen LogP contribution in [-0.4, -0.2) is 27.2 Å². The van der Waals surface area contributed by atoms with Crippen LogP contribution in [0.3, 0.4) is 0 Å². The van der Waals surface area contributed by atoms with Gasteiger partial charge in [0.2, 0.25) is 0 Å². The number of aliphatic hydroxyl groups excluding tert-OH is 1. The standard InChI is InChI=1S/C13H13N3O2S/c1-16-8-12(15-9-16)13(18)14-7-11-5-4-10(19-11)3-2-6-17/h4-5,8-9,17H,6-7H2,1H3,(H,14,18). The maximum Gasteiger partial charge on any atom is 0.271 e. The van der Waals surface area contributed by atoms with Crippen LogP contribution in [0.2, 0.25) is 0 Å². The Hall–Kier alpha value is -2.10. The number of rotatable bonds is 3. The third kappa shape index (κ3) is 3.68. The topological polar surface area (TPSA) is 67.2 Å². The molecule has 0 radical (unpaired) electrons. The summed E-state index contributed by atoms with van der Waals surface area (Å²) in [7, 11) is 1.81. The summed E-state index contributed by atoms with van der Waals surface area (Å²) >= 11 is 1.49. The van der Waals surface area contributed by atoms with E-state index in [9.17, 15) is 4.79 Å². The lowest BCUT2D eigenvalue weighted by Gasteiger charge is -1.99. The SMILES string of the molecule is Cn1cnc(C(=O)NCc2ccc(C#CCO)s2)c1. The summed E-state index contributed by atoms with van der Waals surface area (Å²) < 4.78 is 1.72. The van der Waals surface area contributed by atoms with Gasteiger partial charge in [0.1, 0.15) is 12.3 Å². The van der Waals surface area contributed by atoms with Crippen LogP contribution in [0.5, 0.6) is 0 Å². The highest BCUT2D eigenvalue weighted by molar-refractivity contribution is 7.12. The van der Waals surface area contributed by atoms with E-state index in [1.807, 2.05) is 19.2 Å². The van der Waals surface area contributed by atoms with Crippen molar-refractivity contribution in [2.75, 3.05) is 6.61 Å². The summed E-state index contributed by atoms with van der Waals surface area (Å²) in [6.45, 7) is 0.296. The Labute approximate surface area is 114 Å². The van der Waals surface area contributed by atoms with Crippen molar-refractivity contribution in [2.24, 2.45) is 7.05 Å². The summed E-state index contributed by atoms with van der Waals surface area (Å²) in [6, 6.07) is 3.78. The van der Waals surface area contributed by atoms with Crippen LogP contribution in [0.15, 0.2) is 24.7 Å². The lowest BCUT2D eigenvalue weighted by atomic mass is 10.4. The number of aliphatic hydroxyl groups is 1. The molecule has 6 heteroatoms. The fraction of sp³-hybridized carbons (Fsp3) is 0.231. The van der Waals surface area contributed by atoms with E-state index in [0.717, 1.165) is 9.75 Å². The van der Waals surface area contributed by atoms with Gasteiger partial charge in [0.15, 0.2) is 0 Å². The maximum atomic E-state index is 11.8. The first-order chi connectivity index (χ1) is 9.19. The zero-order valence-electron chi connectivity index (χ0n) is 10.4. The van der Waals surface area contributed by atoms with Gasteiger partial charge in [-0.3, -0.25) is 4.79 Å². The fourth-order valence-electron chi connectivity index (χ4n) is 1.45. The minimum Gasteiger partial charge on any atom is -0.384 e. The van der Waals surface area contributed by atoms with Gasteiger partial charge in [-0.25, -0.2) is 4.98 Å². The first kappa shape index (κ1) is 13.3. The van der Waals surface area contributed by atoms with Gasteiger partial charge in [0.25, 0.3) is 5.91 Å².